The summed E-state index contributed by atoms with van der Waals surface area (Å²) in [6.07, 6.45) is 6.63. The second-order valence-electron chi connectivity index (χ2n) is 9.38. The van der Waals surface area contributed by atoms with E-state index in [1.807, 2.05) is 43.3 Å². The summed E-state index contributed by atoms with van der Waals surface area (Å²) < 4.78 is 28.3. The van der Waals surface area contributed by atoms with E-state index in [0.717, 1.165) is 41.4 Å². The first kappa shape index (κ1) is 22.2. The average molecular weight is 466 g/mol. The van der Waals surface area contributed by atoms with E-state index in [4.69, 9.17) is 0 Å². The highest BCUT2D eigenvalue weighted by atomic mass is 32.2. The predicted octanol–water partition coefficient (Wildman–Crippen LogP) is 4.78. The van der Waals surface area contributed by atoms with Gasteiger partial charge in [0.15, 0.2) is 0 Å². The van der Waals surface area contributed by atoms with Crippen LogP contribution in [-0.4, -0.2) is 36.7 Å². The van der Waals surface area contributed by atoms with Crippen molar-refractivity contribution in [3.8, 4) is 0 Å². The molecule has 1 amide bonds. The van der Waals surface area contributed by atoms with Gasteiger partial charge in [-0.3, -0.25) is 4.79 Å². The summed E-state index contributed by atoms with van der Waals surface area (Å²) in [6, 6.07) is 13.2. The SMILES string of the molecule is Cc1ccc(NC(=O)C2CCN(S(=O)(=O)c3ccc4[nH]c5c(c4c3)CCCCC5)CC2)cc1. The van der Waals surface area contributed by atoms with Crippen LogP contribution < -0.4 is 5.32 Å². The molecule has 0 spiro atoms. The summed E-state index contributed by atoms with van der Waals surface area (Å²) in [5, 5.41) is 4.01. The standard InChI is InChI=1S/C26H31N3O3S/c1-18-7-9-20(10-8-18)27-26(30)19-13-15-29(16-14-19)33(31,32)21-11-12-25-23(17-21)22-5-3-2-4-6-24(22)28-25/h7-12,17,19,28H,2-6,13-16H2,1H3,(H,27,30). The Balaban J connectivity index is 1.29. The molecule has 0 saturated carbocycles. The first-order chi connectivity index (χ1) is 15.9. The molecule has 6 nitrogen and oxygen atoms in total. The minimum atomic E-state index is -3.59. The number of H-pyrrole nitrogens is 1. The fourth-order valence-corrected chi connectivity index (χ4v) is 6.61. The van der Waals surface area contributed by atoms with Crippen molar-refractivity contribution >= 4 is 32.5 Å². The molecule has 3 aromatic rings. The van der Waals surface area contributed by atoms with Crippen LogP contribution in [0.3, 0.4) is 0 Å². The summed E-state index contributed by atoms with van der Waals surface area (Å²) in [4.78, 5) is 16.5. The van der Waals surface area contributed by atoms with E-state index in [2.05, 4.69) is 10.3 Å². The van der Waals surface area contributed by atoms with Crippen LogP contribution in [0, 0.1) is 12.8 Å². The lowest BCUT2D eigenvalue weighted by Gasteiger charge is -2.30. The van der Waals surface area contributed by atoms with Gasteiger partial charge in [-0.1, -0.05) is 24.1 Å². The highest BCUT2D eigenvalue weighted by Gasteiger charge is 2.32. The van der Waals surface area contributed by atoms with Crippen molar-refractivity contribution in [3.63, 3.8) is 0 Å². The molecule has 0 radical (unpaired) electrons. The minimum absolute atomic E-state index is 0.0349. The topological polar surface area (TPSA) is 82.3 Å². The second-order valence-corrected chi connectivity index (χ2v) is 11.3. The number of nitrogens with one attached hydrogen (secondary N) is 2. The number of fused-ring (bicyclic) bond motifs is 3. The van der Waals surface area contributed by atoms with Crippen molar-refractivity contribution in [3.05, 3.63) is 59.3 Å². The average Bonchev–Trinajstić information content (AvgIpc) is 3.00. The van der Waals surface area contributed by atoms with Gasteiger partial charge in [0.25, 0.3) is 0 Å². The van der Waals surface area contributed by atoms with E-state index >= 15 is 0 Å². The third kappa shape index (κ3) is 4.44. The smallest absolute Gasteiger partial charge is 0.243 e. The molecule has 7 heteroatoms. The number of amides is 1. The number of carbonyl (C=O) groups excluding carboxylic acids is 1. The van der Waals surface area contributed by atoms with Crippen LogP contribution >= 0.6 is 0 Å². The first-order valence-electron chi connectivity index (χ1n) is 11.9. The number of piperidine rings is 1. The van der Waals surface area contributed by atoms with Gasteiger partial charge in [-0.2, -0.15) is 4.31 Å². The predicted molar refractivity (Wildman–Crippen MR) is 131 cm³/mol. The zero-order chi connectivity index (χ0) is 23.0. The molecular weight excluding hydrogens is 434 g/mol. The van der Waals surface area contributed by atoms with Gasteiger partial charge in [-0.15, -0.1) is 0 Å². The van der Waals surface area contributed by atoms with Crippen molar-refractivity contribution in [2.24, 2.45) is 5.92 Å². The Morgan fingerprint density at radius 3 is 2.48 bits per heavy atom. The molecule has 2 heterocycles. The molecule has 1 fully saturated rings. The number of nitrogens with zero attached hydrogens (tertiary/aromatic N) is 1. The summed E-state index contributed by atoms with van der Waals surface area (Å²) in [6.45, 7) is 2.72. The van der Waals surface area contributed by atoms with Gasteiger partial charge >= 0.3 is 0 Å². The number of carbonyl (C=O) groups is 1. The lowest BCUT2D eigenvalue weighted by molar-refractivity contribution is -0.120. The van der Waals surface area contributed by atoms with Crippen molar-refractivity contribution in [1.82, 2.24) is 9.29 Å². The van der Waals surface area contributed by atoms with Crippen molar-refractivity contribution in [2.75, 3.05) is 18.4 Å². The fraction of sp³-hybridized carbons (Fsp3) is 0.423. The Morgan fingerprint density at radius 2 is 1.73 bits per heavy atom. The summed E-state index contributed by atoms with van der Waals surface area (Å²) in [7, 11) is -3.59. The molecule has 1 saturated heterocycles. The highest BCUT2D eigenvalue weighted by Crippen LogP contribution is 2.32. The second kappa shape index (κ2) is 8.95. The van der Waals surface area contributed by atoms with Gasteiger partial charge in [0.1, 0.15) is 0 Å². The maximum Gasteiger partial charge on any atom is 0.243 e. The van der Waals surface area contributed by atoms with Crippen LogP contribution in [0.15, 0.2) is 47.4 Å². The normalized spacial score (nSPS) is 18.1. The third-order valence-electron chi connectivity index (χ3n) is 7.10. The first-order valence-corrected chi connectivity index (χ1v) is 13.4. The number of hydrogen-bond acceptors (Lipinski definition) is 3. The molecule has 33 heavy (non-hydrogen) atoms. The molecule has 0 unspecified atom stereocenters. The maximum absolute atomic E-state index is 13.4. The molecule has 174 valence electrons. The van der Waals surface area contributed by atoms with E-state index in [9.17, 15) is 13.2 Å². The minimum Gasteiger partial charge on any atom is -0.358 e. The van der Waals surface area contributed by atoms with E-state index < -0.39 is 10.0 Å². The van der Waals surface area contributed by atoms with E-state index in [1.165, 1.54) is 28.4 Å². The van der Waals surface area contributed by atoms with Crippen LogP contribution in [0.4, 0.5) is 5.69 Å². The Hall–Kier alpha value is -2.64. The molecule has 2 aliphatic rings. The molecule has 1 aromatic heterocycles. The number of rotatable bonds is 4. The van der Waals surface area contributed by atoms with Gasteiger partial charge in [0.2, 0.25) is 15.9 Å². The van der Waals surface area contributed by atoms with Crippen molar-refractivity contribution in [1.29, 1.82) is 0 Å². The molecular formula is C26H31N3O3S. The zero-order valence-corrected chi connectivity index (χ0v) is 19.9. The van der Waals surface area contributed by atoms with Crippen molar-refractivity contribution in [2.45, 2.75) is 56.8 Å². The van der Waals surface area contributed by atoms with Crippen molar-refractivity contribution < 1.29 is 13.2 Å². The zero-order valence-electron chi connectivity index (χ0n) is 19.1. The third-order valence-corrected chi connectivity index (χ3v) is 9.00. The van der Waals surface area contributed by atoms with Gasteiger partial charge in [-0.25, -0.2) is 8.42 Å². The van der Waals surface area contributed by atoms with Crippen LogP contribution in [0.5, 0.6) is 0 Å². The number of sulfonamides is 1. The number of aryl methyl sites for hydroxylation is 3. The molecule has 2 N–H and O–H groups in total. The van der Waals surface area contributed by atoms with Gasteiger partial charge in [-0.05, 0) is 81.3 Å². The highest BCUT2D eigenvalue weighted by molar-refractivity contribution is 7.89. The molecule has 1 aliphatic carbocycles. The lowest BCUT2D eigenvalue weighted by Crippen LogP contribution is -2.41. The Bertz CT molecular complexity index is 1270. The molecule has 0 atom stereocenters. The van der Waals surface area contributed by atoms with Crippen LogP contribution in [0.2, 0.25) is 0 Å². The van der Waals surface area contributed by atoms with E-state index in [1.54, 1.807) is 6.07 Å². The molecule has 5 rings (SSSR count). The van der Waals surface area contributed by atoms with Gasteiger partial charge in [0, 0.05) is 41.3 Å². The molecule has 1 aliphatic heterocycles. The number of benzene rings is 2. The number of aromatic nitrogens is 1. The largest absolute Gasteiger partial charge is 0.358 e. The quantitative estimate of drug-likeness (QED) is 0.544. The Kier molecular flexibility index (Phi) is 6.01. The fourth-order valence-electron chi connectivity index (χ4n) is 5.11. The van der Waals surface area contributed by atoms with Crippen LogP contribution in [-0.2, 0) is 27.7 Å². The summed E-state index contributed by atoms with van der Waals surface area (Å²) >= 11 is 0. The van der Waals surface area contributed by atoms with Crippen LogP contribution in [0.1, 0.15) is 48.9 Å². The van der Waals surface area contributed by atoms with Gasteiger partial charge < -0.3 is 10.3 Å². The monoisotopic (exact) mass is 465 g/mol. The van der Waals surface area contributed by atoms with E-state index in [0.29, 0.717) is 30.8 Å². The Morgan fingerprint density at radius 1 is 1.00 bits per heavy atom. The van der Waals surface area contributed by atoms with E-state index in [-0.39, 0.29) is 11.8 Å². The summed E-state index contributed by atoms with van der Waals surface area (Å²) in [5.74, 6) is -0.215. The number of aromatic amines is 1. The Labute approximate surface area is 195 Å². The van der Waals surface area contributed by atoms with Gasteiger partial charge in [0.05, 0.1) is 4.90 Å². The molecule has 0 bridgehead atoms. The maximum atomic E-state index is 13.4. The summed E-state index contributed by atoms with van der Waals surface area (Å²) in [5.41, 5.74) is 5.48. The number of hydrogen-bond donors (Lipinski definition) is 2. The number of anilines is 1. The molecule has 2 aromatic carbocycles. The van der Waals surface area contributed by atoms with Crippen LogP contribution in [0.25, 0.3) is 10.9 Å². The lowest BCUT2D eigenvalue weighted by atomic mass is 9.97.